The van der Waals surface area contributed by atoms with Crippen molar-refractivity contribution in [1.29, 1.82) is 0 Å². The summed E-state index contributed by atoms with van der Waals surface area (Å²) in [6.07, 6.45) is 1.17. The summed E-state index contributed by atoms with van der Waals surface area (Å²) in [7, 11) is -3.18. The summed E-state index contributed by atoms with van der Waals surface area (Å²) in [5.41, 5.74) is 0.832. The monoisotopic (exact) mass is 317 g/mol. The zero-order valence-electron chi connectivity index (χ0n) is 10.2. The fourth-order valence-corrected chi connectivity index (χ4v) is 4.14. The van der Waals surface area contributed by atoms with E-state index in [1.165, 1.54) is 40.4 Å². The van der Waals surface area contributed by atoms with Crippen molar-refractivity contribution in [2.24, 2.45) is 0 Å². The second kappa shape index (κ2) is 5.03. The lowest BCUT2D eigenvalue weighted by Crippen LogP contribution is -2.07. The maximum Gasteiger partial charge on any atom is 0.336 e. The molecule has 0 saturated carbocycles. The summed E-state index contributed by atoms with van der Waals surface area (Å²) in [5, 5.41) is 12.0. The van der Waals surface area contributed by atoms with Crippen LogP contribution in [0.4, 0.5) is 0 Å². The number of thiophene rings is 1. The number of nitrogens with zero attached hydrogens (tertiary/aromatic N) is 1. The number of sulfone groups is 1. The molecule has 1 unspecified atom stereocenters. The second-order valence-electron chi connectivity index (χ2n) is 4.05. The Labute approximate surface area is 118 Å². The van der Waals surface area contributed by atoms with Gasteiger partial charge in [-0.3, -0.25) is 0 Å². The van der Waals surface area contributed by atoms with E-state index in [1.54, 1.807) is 12.3 Å². The van der Waals surface area contributed by atoms with Crippen LogP contribution in [-0.2, 0) is 9.84 Å². The molecule has 102 valence electrons. The van der Waals surface area contributed by atoms with Gasteiger partial charge in [0.25, 0.3) is 0 Å². The minimum absolute atomic E-state index is 0.214. The van der Waals surface area contributed by atoms with Crippen molar-refractivity contribution < 1.29 is 18.3 Å². The molecule has 2 heterocycles. The van der Waals surface area contributed by atoms with Crippen molar-refractivity contribution in [2.75, 3.05) is 6.26 Å². The quantitative estimate of drug-likeness (QED) is 0.937. The number of aromatic carboxylic acids is 1. The summed E-state index contributed by atoms with van der Waals surface area (Å²) < 4.78 is 22.9. The second-order valence-corrected chi connectivity index (χ2v) is 8.21. The Morgan fingerprint density at radius 3 is 2.58 bits per heavy atom. The number of hydrogen-bond donors (Lipinski definition) is 1. The van der Waals surface area contributed by atoms with Gasteiger partial charge in [0.1, 0.15) is 10.3 Å². The maximum atomic E-state index is 11.5. The first-order valence-electron chi connectivity index (χ1n) is 5.25. The fourth-order valence-electron chi connectivity index (χ4n) is 1.35. The predicted octanol–water partition coefficient (Wildman–Crippen LogP) is 2.68. The van der Waals surface area contributed by atoms with E-state index in [0.717, 1.165) is 4.88 Å². The highest BCUT2D eigenvalue weighted by atomic mass is 32.2. The van der Waals surface area contributed by atoms with Crippen LogP contribution in [0.3, 0.4) is 0 Å². The molecule has 0 spiro atoms. The van der Waals surface area contributed by atoms with E-state index < -0.39 is 21.1 Å². The first-order chi connectivity index (χ1) is 8.79. The zero-order chi connectivity index (χ0) is 14.2. The van der Waals surface area contributed by atoms with Gasteiger partial charge in [0, 0.05) is 17.0 Å². The SMILES string of the molecule is CC(c1nc(-c2cc(C(=O)O)cs2)cs1)S(C)(=O)=O. The van der Waals surface area contributed by atoms with Gasteiger partial charge in [-0.2, -0.15) is 0 Å². The van der Waals surface area contributed by atoms with Crippen LogP contribution in [0.15, 0.2) is 16.8 Å². The van der Waals surface area contributed by atoms with E-state index >= 15 is 0 Å². The van der Waals surface area contributed by atoms with Gasteiger partial charge in [-0.15, -0.1) is 22.7 Å². The molecular formula is C11H11NO4S3. The minimum atomic E-state index is -3.18. The third kappa shape index (κ3) is 3.02. The Morgan fingerprint density at radius 2 is 2.05 bits per heavy atom. The molecule has 5 nitrogen and oxygen atoms in total. The third-order valence-corrected chi connectivity index (χ3v) is 6.25. The van der Waals surface area contributed by atoms with Crippen LogP contribution in [0.25, 0.3) is 10.6 Å². The van der Waals surface area contributed by atoms with E-state index in [2.05, 4.69) is 4.98 Å². The van der Waals surface area contributed by atoms with Crippen LogP contribution in [0, 0.1) is 0 Å². The molecule has 0 fully saturated rings. The number of thiazole rings is 1. The summed E-state index contributed by atoms with van der Waals surface area (Å²) >= 11 is 2.54. The molecule has 0 amide bonds. The van der Waals surface area contributed by atoms with Crippen LogP contribution < -0.4 is 0 Å². The van der Waals surface area contributed by atoms with Crippen molar-refractivity contribution in [2.45, 2.75) is 12.2 Å². The number of carboxylic acid groups (broad SMARTS) is 1. The van der Waals surface area contributed by atoms with E-state index in [9.17, 15) is 13.2 Å². The topological polar surface area (TPSA) is 84.3 Å². The predicted molar refractivity (Wildman–Crippen MR) is 75.6 cm³/mol. The van der Waals surface area contributed by atoms with Crippen LogP contribution in [-0.4, -0.2) is 30.7 Å². The molecule has 0 aliphatic carbocycles. The summed E-state index contributed by atoms with van der Waals surface area (Å²) in [4.78, 5) is 15.8. The molecule has 1 atom stereocenters. The first kappa shape index (κ1) is 14.2. The fraction of sp³-hybridized carbons (Fsp3) is 0.273. The largest absolute Gasteiger partial charge is 0.478 e. The zero-order valence-corrected chi connectivity index (χ0v) is 12.6. The molecule has 0 aliphatic heterocycles. The first-order valence-corrected chi connectivity index (χ1v) is 8.97. The lowest BCUT2D eigenvalue weighted by atomic mass is 10.3. The lowest BCUT2D eigenvalue weighted by Gasteiger charge is -2.03. The smallest absolute Gasteiger partial charge is 0.336 e. The highest BCUT2D eigenvalue weighted by molar-refractivity contribution is 7.91. The Morgan fingerprint density at radius 1 is 1.37 bits per heavy atom. The number of carboxylic acids is 1. The Bertz CT molecular complexity index is 714. The molecule has 2 aromatic heterocycles. The van der Waals surface area contributed by atoms with Gasteiger partial charge < -0.3 is 5.11 Å². The van der Waals surface area contributed by atoms with Crippen molar-refractivity contribution in [3.05, 3.63) is 27.4 Å². The van der Waals surface area contributed by atoms with E-state index in [1.807, 2.05) is 0 Å². The molecule has 1 N–H and O–H groups in total. The van der Waals surface area contributed by atoms with E-state index in [-0.39, 0.29) is 5.56 Å². The van der Waals surface area contributed by atoms with Gasteiger partial charge >= 0.3 is 5.97 Å². The standard InChI is InChI=1S/C11H11NO4S3/c1-6(19(2,15)16)10-12-8(5-18-10)9-3-7(4-17-9)11(13)14/h3-6H,1-2H3,(H,13,14). The van der Waals surface area contributed by atoms with Gasteiger partial charge in [0.15, 0.2) is 9.84 Å². The Hall–Kier alpha value is -1.25. The molecule has 0 aromatic carbocycles. The molecule has 19 heavy (non-hydrogen) atoms. The van der Waals surface area contributed by atoms with Crippen molar-refractivity contribution >= 4 is 38.5 Å². The minimum Gasteiger partial charge on any atom is -0.478 e. The summed E-state index contributed by atoms with van der Waals surface area (Å²) in [6, 6.07) is 1.54. The number of hydrogen-bond acceptors (Lipinski definition) is 6. The van der Waals surface area contributed by atoms with Crippen LogP contribution in [0.5, 0.6) is 0 Å². The maximum absolute atomic E-state index is 11.5. The number of carbonyl (C=O) groups is 1. The van der Waals surface area contributed by atoms with Crippen LogP contribution >= 0.6 is 22.7 Å². The molecule has 0 bridgehead atoms. The molecule has 8 heteroatoms. The Balaban J connectivity index is 2.33. The molecule has 0 saturated heterocycles. The van der Waals surface area contributed by atoms with Gasteiger partial charge in [-0.25, -0.2) is 18.2 Å². The average Bonchev–Trinajstić information content (AvgIpc) is 2.95. The summed E-state index contributed by atoms with van der Waals surface area (Å²) in [6.45, 7) is 1.59. The van der Waals surface area contributed by atoms with Gasteiger partial charge in [0.2, 0.25) is 0 Å². The van der Waals surface area contributed by atoms with Gasteiger partial charge in [-0.05, 0) is 13.0 Å². The number of aromatic nitrogens is 1. The third-order valence-electron chi connectivity index (χ3n) is 2.61. The molecule has 2 rings (SSSR count). The highest BCUT2D eigenvalue weighted by Crippen LogP contribution is 2.32. The van der Waals surface area contributed by atoms with Crippen molar-refractivity contribution in [3.8, 4) is 10.6 Å². The van der Waals surface area contributed by atoms with E-state index in [0.29, 0.717) is 10.7 Å². The molecule has 0 radical (unpaired) electrons. The number of rotatable bonds is 4. The normalized spacial score (nSPS) is 13.4. The highest BCUT2D eigenvalue weighted by Gasteiger charge is 2.21. The average molecular weight is 317 g/mol. The van der Waals surface area contributed by atoms with Crippen molar-refractivity contribution in [1.82, 2.24) is 4.98 Å². The van der Waals surface area contributed by atoms with Crippen molar-refractivity contribution in [3.63, 3.8) is 0 Å². The summed E-state index contributed by atoms with van der Waals surface area (Å²) in [5.74, 6) is -0.984. The molecular weight excluding hydrogens is 306 g/mol. The van der Waals surface area contributed by atoms with E-state index in [4.69, 9.17) is 5.11 Å². The molecule has 2 aromatic rings. The van der Waals surface area contributed by atoms with Gasteiger partial charge in [0.05, 0.1) is 16.1 Å². The Kier molecular flexibility index (Phi) is 3.75. The lowest BCUT2D eigenvalue weighted by molar-refractivity contribution is 0.0697. The van der Waals surface area contributed by atoms with Crippen LogP contribution in [0.1, 0.15) is 27.5 Å². The molecule has 0 aliphatic rings. The van der Waals surface area contributed by atoms with Crippen LogP contribution in [0.2, 0.25) is 0 Å². The van der Waals surface area contributed by atoms with Gasteiger partial charge in [-0.1, -0.05) is 0 Å².